The fourth-order valence-corrected chi connectivity index (χ4v) is 2.85. The standard InChI is InChI=1S/C15H13N3O2S/c1-12-6-8-14(9-7-12)21(19,20)17-18-10-13-4-2-3-5-15(13)16-11-18/h2-11H,1H3. The Bertz CT molecular complexity index is 890. The van der Waals surface area contributed by atoms with Crippen LogP contribution in [-0.4, -0.2) is 13.4 Å². The lowest BCUT2D eigenvalue weighted by Crippen LogP contribution is -2.32. The Morgan fingerprint density at radius 2 is 1.76 bits per heavy atom. The zero-order valence-electron chi connectivity index (χ0n) is 11.3. The highest BCUT2D eigenvalue weighted by Crippen LogP contribution is 2.15. The average molecular weight is 299 g/mol. The molecule has 6 heteroatoms. The van der Waals surface area contributed by atoms with Gasteiger partial charge in [0.15, 0.2) is 15.5 Å². The predicted octanol–water partition coefficient (Wildman–Crippen LogP) is 2.36. The molecule has 0 unspecified atom stereocenters. The van der Waals surface area contributed by atoms with E-state index in [0.29, 0.717) is 0 Å². The molecule has 21 heavy (non-hydrogen) atoms. The van der Waals surface area contributed by atoms with Crippen LogP contribution in [-0.2, 0) is 10.0 Å². The van der Waals surface area contributed by atoms with Crippen LogP contribution in [0.15, 0.2) is 66.0 Å². The van der Waals surface area contributed by atoms with Crippen LogP contribution < -0.4 is 4.68 Å². The van der Waals surface area contributed by atoms with Crippen molar-refractivity contribution in [1.82, 2.24) is 4.98 Å². The monoisotopic (exact) mass is 299 g/mol. The van der Waals surface area contributed by atoms with E-state index in [1.807, 2.05) is 31.2 Å². The summed E-state index contributed by atoms with van der Waals surface area (Å²) in [6.07, 6.45) is 3.02. The van der Waals surface area contributed by atoms with Crippen LogP contribution in [0.5, 0.6) is 0 Å². The first-order chi connectivity index (χ1) is 10.0. The van der Waals surface area contributed by atoms with Crippen molar-refractivity contribution in [1.29, 1.82) is 0 Å². The van der Waals surface area contributed by atoms with Gasteiger partial charge in [-0.25, -0.2) is 8.42 Å². The fraction of sp³-hybridized carbons (Fsp3) is 0.0667. The van der Waals surface area contributed by atoms with Crippen molar-refractivity contribution < 1.29 is 13.1 Å². The van der Waals surface area contributed by atoms with E-state index >= 15 is 0 Å². The van der Waals surface area contributed by atoms with Crippen LogP contribution in [0.4, 0.5) is 0 Å². The third-order valence-electron chi connectivity index (χ3n) is 3.04. The second-order valence-electron chi connectivity index (χ2n) is 4.68. The first kappa shape index (κ1) is 13.5. The normalized spacial score (nSPS) is 11.5. The van der Waals surface area contributed by atoms with Gasteiger partial charge in [-0.1, -0.05) is 29.8 Å². The lowest BCUT2D eigenvalue weighted by atomic mass is 10.2. The molecule has 0 amide bonds. The molecule has 0 atom stereocenters. The largest absolute Gasteiger partial charge is 0.409 e. The number of para-hydroxylation sites is 1. The van der Waals surface area contributed by atoms with Gasteiger partial charge in [0.25, 0.3) is 6.33 Å². The van der Waals surface area contributed by atoms with E-state index in [-0.39, 0.29) is 4.90 Å². The molecule has 1 heterocycles. The van der Waals surface area contributed by atoms with Crippen LogP contribution in [0.25, 0.3) is 15.7 Å². The molecule has 0 bridgehead atoms. The molecule has 0 saturated heterocycles. The van der Waals surface area contributed by atoms with Gasteiger partial charge >= 0.3 is 0 Å². The molecular formula is C15H13N3O2S. The molecule has 0 aliphatic rings. The van der Waals surface area contributed by atoms with Crippen molar-refractivity contribution >= 4 is 20.9 Å². The first-order valence-electron chi connectivity index (χ1n) is 6.36. The first-order valence-corrected chi connectivity index (χ1v) is 7.80. The van der Waals surface area contributed by atoms with E-state index in [1.165, 1.54) is 11.0 Å². The molecule has 3 rings (SSSR count). The highest BCUT2D eigenvalue weighted by atomic mass is 32.2. The number of fused-ring (bicyclic) bond motifs is 1. The van der Waals surface area contributed by atoms with Gasteiger partial charge in [0, 0.05) is 0 Å². The summed E-state index contributed by atoms with van der Waals surface area (Å²) in [6.45, 7) is 1.90. The fourth-order valence-electron chi connectivity index (χ4n) is 1.94. The van der Waals surface area contributed by atoms with Crippen molar-refractivity contribution in [2.45, 2.75) is 11.8 Å². The van der Waals surface area contributed by atoms with Gasteiger partial charge in [0.2, 0.25) is 0 Å². The van der Waals surface area contributed by atoms with Crippen LogP contribution in [0.2, 0.25) is 0 Å². The lowest BCUT2D eigenvalue weighted by Gasteiger charge is -2.17. The van der Waals surface area contributed by atoms with E-state index in [9.17, 15) is 8.42 Å². The third-order valence-corrected chi connectivity index (χ3v) is 4.32. The van der Waals surface area contributed by atoms with E-state index < -0.39 is 10.0 Å². The summed E-state index contributed by atoms with van der Waals surface area (Å²) in [5.74, 6) is 0. The van der Waals surface area contributed by atoms with Crippen molar-refractivity contribution in [3.63, 3.8) is 0 Å². The molecule has 0 N–H and O–H groups in total. The highest BCUT2D eigenvalue weighted by Gasteiger charge is 2.07. The van der Waals surface area contributed by atoms with Gasteiger partial charge in [-0.15, -0.1) is 0 Å². The zero-order chi connectivity index (χ0) is 14.9. The van der Waals surface area contributed by atoms with E-state index in [1.54, 1.807) is 30.5 Å². The number of aryl methyl sites for hydroxylation is 1. The number of aromatic nitrogens is 2. The predicted molar refractivity (Wildman–Crippen MR) is 79.1 cm³/mol. The number of benzene rings is 2. The minimum Gasteiger partial charge on any atom is -0.409 e. The number of hydrogen-bond donors (Lipinski definition) is 0. The molecule has 0 aliphatic carbocycles. The molecular weight excluding hydrogens is 286 g/mol. The molecule has 2 aromatic carbocycles. The Balaban J connectivity index is 1.95. The number of nitrogens with zero attached hydrogens (tertiary/aromatic N) is 3. The number of rotatable bonds is 3. The van der Waals surface area contributed by atoms with Gasteiger partial charge in [-0.2, -0.15) is 0 Å². The minimum atomic E-state index is -3.75. The molecule has 0 fully saturated rings. The van der Waals surface area contributed by atoms with Crippen LogP contribution in [0.1, 0.15) is 5.56 Å². The van der Waals surface area contributed by atoms with Crippen molar-refractivity contribution in [2.75, 3.05) is 0 Å². The topological polar surface area (TPSA) is 65.0 Å². The van der Waals surface area contributed by atoms with E-state index in [4.69, 9.17) is 0 Å². The summed E-state index contributed by atoms with van der Waals surface area (Å²) in [7, 11) is -3.75. The molecule has 0 aliphatic heterocycles. The van der Waals surface area contributed by atoms with Crippen LogP contribution >= 0.6 is 0 Å². The van der Waals surface area contributed by atoms with Crippen LogP contribution in [0.3, 0.4) is 0 Å². The van der Waals surface area contributed by atoms with E-state index in [2.05, 4.69) is 9.82 Å². The SMILES string of the molecule is Cc1ccc(S(=O)(=O)[N-][n+]2cnc3ccccc3c2)cc1. The Labute approximate surface area is 122 Å². The van der Waals surface area contributed by atoms with Crippen molar-refractivity contribution in [3.8, 4) is 0 Å². The van der Waals surface area contributed by atoms with Crippen molar-refractivity contribution in [3.05, 3.63) is 71.4 Å². The van der Waals surface area contributed by atoms with Crippen LogP contribution in [0, 0.1) is 6.92 Å². The summed E-state index contributed by atoms with van der Waals surface area (Å²) >= 11 is 0. The highest BCUT2D eigenvalue weighted by molar-refractivity contribution is 7.93. The molecule has 3 aromatic rings. The average Bonchev–Trinajstić information content (AvgIpc) is 2.47. The van der Waals surface area contributed by atoms with Gasteiger partial charge in [0.05, 0.1) is 16.5 Å². The lowest BCUT2D eigenvalue weighted by molar-refractivity contribution is -0.615. The second kappa shape index (κ2) is 5.14. The Hall–Kier alpha value is -2.47. The van der Waals surface area contributed by atoms with E-state index in [0.717, 1.165) is 16.5 Å². The minimum absolute atomic E-state index is 0.161. The third kappa shape index (κ3) is 2.85. The maximum atomic E-state index is 12.2. The van der Waals surface area contributed by atoms with Gasteiger partial charge in [-0.3, -0.25) is 4.68 Å². The zero-order valence-corrected chi connectivity index (χ0v) is 12.2. The molecule has 106 valence electrons. The van der Waals surface area contributed by atoms with Gasteiger partial charge < -0.3 is 4.83 Å². The Morgan fingerprint density at radius 1 is 1.05 bits per heavy atom. The summed E-state index contributed by atoms with van der Waals surface area (Å²) in [5, 5.41) is 0.822. The summed E-state index contributed by atoms with van der Waals surface area (Å²) < 4.78 is 25.7. The quantitative estimate of drug-likeness (QED) is 0.697. The summed E-state index contributed by atoms with van der Waals surface area (Å²) in [5.41, 5.74) is 1.78. The summed E-state index contributed by atoms with van der Waals surface area (Å²) in [4.78, 5) is 8.11. The second-order valence-corrected chi connectivity index (χ2v) is 6.27. The summed E-state index contributed by atoms with van der Waals surface area (Å²) in [6, 6.07) is 14.0. The molecule has 0 saturated carbocycles. The van der Waals surface area contributed by atoms with Crippen molar-refractivity contribution in [2.24, 2.45) is 0 Å². The number of hydrogen-bond acceptors (Lipinski definition) is 3. The molecule has 1 aromatic heterocycles. The smallest absolute Gasteiger partial charge is 0.278 e. The van der Waals surface area contributed by atoms with Gasteiger partial charge in [0.1, 0.15) is 0 Å². The molecule has 0 radical (unpaired) electrons. The number of sulfonamides is 1. The maximum absolute atomic E-state index is 12.2. The van der Waals surface area contributed by atoms with Gasteiger partial charge in [-0.05, 0) is 36.2 Å². The Kier molecular flexibility index (Phi) is 3.31. The molecule has 0 spiro atoms. The Morgan fingerprint density at radius 3 is 2.52 bits per heavy atom. The molecule has 5 nitrogen and oxygen atoms in total. The maximum Gasteiger partial charge on any atom is 0.278 e.